The number of hydrogen-bond acceptors (Lipinski definition) is 2. The fourth-order valence-electron chi connectivity index (χ4n) is 2.52. The van der Waals surface area contributed by atoms with Crippen LogP contribution in [-0.2, 0) is 23.0 Å². The molecular formula is C16H22BrNO2. The van der Waals surface area contributed by atoms with Gasteiger partial charge in [-0.05, 0) is 56.4 Å². The Balaban J connectivity index is 2.16. The van der Waals surface area contributed by atoms with Crippen molar-refractivity contribution in [1.82, 2.24) is 4.90 Å². The summed E-state index contributed by atoms with van der Waals surface area (Å²) in [7, 11) is 0. The zero-order valence-electron chi connectivity index (χ0n) is 12.6. The van der Waals surface area contributed by atoms with Crippen molar-refractivity contribution < 1.29 is 9.53 Å². The third-order valence-electron chi connectivity index (χ3n) is 3.60. The Hall–Kier alpha value is -1.03. The van der Waals surface area contributed by atoms with E-state index in [0.717, 1.165) is 18.3 Å². The van der Waals surface area contributed by atoms with Crippen molar-refractivity contribution in [2.24, 2.45) is 0 Å². The van der Waals surface area contributed by atoms with E-state index in [0.29, 0.717) is 6.54 Å². The number of amides is 1. The van der Waals surface area contributed by atoms with Crippen LogP contribution in [0.3, 0.4) is 0 Å². The SMILES string of the molecule is Cc1c(CBr)ccc2c1CCN(C(=O)OC(C)(C)C)C2. The second kappa shape index (κ2) is 5.76. The normalized spacial score (nSPS) is 14.9. The molecule has 1 aliphatic heterocycles. The highest BCUT2D eigenvalue weighted by Gasteiger charge is 2.26. The maximum Gasteiger partial charge on any atom is 0.410 e. The first-order chi connectivity index (χ1) is 9.31. The standard InChI is InChI=1S/C16H22BrNO2/c1-11-12(9-17)5-6-13-10-18(8-7-14(11)13)15(19)20-16(2,3)4/h5-6H,7-10H2,1-4H3. The maximum atomic E-state index is 12.1. The van der Waals surface area contributed by atoms with Crippen molar-refractivity contribution in [3.8, 4) is 0 Å². The van der Waals surface area contributed by atoms with Crippen LogP contribution in [0.4, 0.5) is 4.79 Å². The van der Waals surface area contributed by atoms with Gasteiger partial charge in [-0.1, -0.05) is 28.1 Å². The third kappa shape index (κ3) is 3.35. The predicted octanol–water partition coefficient (Wildman–Crippen LogP) is 4.18. The molecule has 0 saturated carbocycles. The van der Waals surface area contributed by atoms with Gasteiger partial charge in [-0.25, -0.2) is 4.79 Å². The van der Waals surface area contributed by atoms with Gasteiger partial charge in [0.15, 0.2) is 0 Å². The van der Waals surface area contributed by atoms with E-state index in [9.17, 15) is 4.79 Å². The molecule has 0 unspecified atom stereocenters. The summed E-state index contributed by atoms with van der Waals surface area (Å²) in [6.07, 6.45) is 0.687. The fraction of sp³-hybridized carbons (Fsp3) is 0.562. The number of hydrogen-bond donors (Lipinski definition) is 0. The zero-order valence-corrected chi connectivity index (χ0v) is 14.2. The van der Waals surface area contributed by atoms with Crippen LogP contribution < -0.4 is 0 Å². The number of fused-ring (bicyclic) bond motifs is 1. The minimum atomic E-state index is -0.437. The summed E-state index contributed by atoms with van der Waals surface area (Å²) in [6.45, 7) is 9.24. The van der Waals surface area contributed by atoms with Gasteiger partial charge in [0.25, 0.3) is 0 Å². The topological polar surface area (TPSA) is 29.5 Å². The Bertz CT molecular complexity index is 520. The van der Waals surface area contributed by atoms with Crippen molar-refractivity contribution in [3.63, 3.8) is 0 Å². The highest BCUT2D eigenvalue weighted by Crippen LogP contribution is 2.27. The molecule has 0 fully saturated rings. The van der Waals surface area contributed by atoms with Crippen molar-refractivity contribution in [2.75, 3.05) is 6.54 Å². The molecule has 0 bridgehead atoms. The quantitative estimate of drug-likeness (QED) is 0.718. The molecule has 0 aromatic heterocycles. The van der Waals surface area contributed by atoms with E-state index >= 15 is 0 Å². The molecule has 2 rings (SSSR count). The van der Waals surface area contributed by atoms with E-state index in [4.69, 9.17) is 4.74 Å². The molecule has 1 heterocycles. The molecule has 0 N–H and O–H groups in total. The first-order valence-electron chi connectivity index (χ1n) is 6.96. The monoisotopic (exact) mass is 339 g/mol. The highest BCUT2D eigenvalue weighted by atomic mass is 79.9. The Morgan fingerprint density at radius 2 is 2.10 bits per heavy atom. The molecule has 0 saturated heterocycles. The van der Waals surface area contributed by atoms with E-state index < -0.39 is 5.60 Å². The molecule has 0 atom stereocenters. The molecule has 1 aromatic rings. The number of benzene rings is 1. The lowest BCUT2D eigenvalue weighted by atomic mass is 9.92. The Labute approximate surface area is 129 Å². The van der Waals surface area contributed by atoms with E-state index in [1.165, 1.54) is 22.3 Å². The van der Waals surface area contributed by atoms with Crippen LogP contribution in [0.25, 0.3) is 0 Å². The number of nitrogens with zero attached hydrogens (tertiary/aromatic N) is 1. The van der Waals surface area contributed by atoms with E-state index in [1.54, 1.807) is 4.90 Å². The molecule has 0 radical (unpaired) electrons. The van der Waals surface area contributed by atoms with Gasteiger partial charge in [-0.15, -0.1) is 0 Å². The van der Waals surface area contributed by atoms with Gasteiger partial charge in [-0.3, -0.25) is 0 Å². The van der Waals surface area contributed by atoms with Gasteiger partial charge in [0.05, 0.1) is 0 Å². The minimum Gasteiger partial charge on any atom is -0.444 e. The number of rotatable bonds is 1. The number of carbonyl (C=O) groups excluding carboxylic acids is 1. The van der Waals surface area contributed by atoms with Crippen LogP contribution in [0.5, 0.6) is 0 Å². The number of ether oxygens (including phenoxy) is 1. The third-order valence-corrected chi connectivity index (χ3v) is 4.20. The minimum absolute atomic E-state index is 0.217. The van der Waals surface area contributed by atoms with Crippen molar-refractivity contribution in [3.05, 3.63) is 34.4 Å². The summed E-state index contributed by atoms with van der Waals surface area (Å²) in [4.78, 5) is 13.9. The number of alkyl halides is 1. The summed E-state index contributed by atoms with van der Waals surface area (Å²) in [5.41, 5.74) is 4.87. The second-order valence-electron chi connectivity index (χ2n) is 6.27. The summed E-state index contributed by atoms with van der Waals surface area (Å²) >= 11 is 3.52. The van der Waals surface area contributed by atoms with Gasteiger partial charge in [-0.2, -0.15) is 0 Å². The van der Waals surface area contributed by atoms with Gasteiger partial charge < -0.3 is 9.64 Å². The summed E-state index contributed by atoms with van der Waals surface area (Å²) in [6, 6.07) is 4.27. The van der Waals surface area contributed by atoms with Crippen LogP contribution in [0, 0.1) is 6.92 Å². The van der Waals surface area contributed by atoms with Gasteiger partial charge in [0.2, 0.25) is 0 Å². The smallest absolute Gasteiger partial charge is 0.410 e. The average molecular weight is 340 g/mol. The largest absolute Gasteiger partial charge is 0.444 e. The van der Waals surface area contributed by atoms with Crippen molar-refractivity contribution >= 4 is 22.0 Å². The van der Waals surface area contributed by atoms with Crippen molar-refractivity contribution in [2.45, 2.75) is 51.6 Å². The first kappa shape index (κ1) is 15.4. The number of halogens is 1. The van der Waals surface area contributed by atoms with Crippen LogP contribution in [0.15, 0.2) is 12.1 Å². The molecule has 1 amide bonds. The lowest BCUT2D eigenvalue weighted by Gasteiger charge is -2.32. The average Bonchev–Trinajstić information content (AvgIpc) is 2.37. The second-order valence-corrected chi connectivity index (χ2v) is 6.83. The van der Waals surface area contributed by atoms with Gasteiger partial charge in [0, 0.05) is 18.4 Å². The molecule has 0 aliphatic carbocycles. The molecule has 110 valence electrons. The maximum absolute atomic E-state index is 12.1. The Kier molecular flexibility index (Phi) is 4.43. The van der Waals surface area contributed by atoms with Gasteiger partial charge >= 0.3 is 6.09 Å². The molecular weight excluding hydrogens is 318 g/mol. The summed E-state index contributed by atoms with van der Waals surface area (Å²) in [5, 5.41) is 0.877. The lowest BCUT2D eigenvalue weighted by molar-refractivity contribution is 0.0224. The van der Waals surface area contributed by atoms with Crippen LogP contribution in [-0.4, -0.2) is 23.1 Å². The molecule has 3 nitrogen and oxygen atoms in total. The Morgan fingerprint density at radius 3 is 2.70 bits per heavy atom. The molecule has 1 aliphatic rings. The van der Waals surface area contributed by atoms with Gasteiger partial charge in [0.1, 0.15) is 5.60 Å². The summed E-state index contributed by atoms with van der Waals surface area (Å²) in [5.74, 6) is 0. The molecule has 20 heavy (non-hydrogen) atoms. The lowest BCUT2D eigenvalue weighted by Crippen LogP contribution is -2.40. The van der Waals surface area contributed by atoms with E-state index in [-0.39, 0.29) is 6.09 Å². The zero-order chi connectivity index (χ0) is 14.9. The number of carbonyl (C=O) groups is 1. The van der Waals surface area contributed by atoms with E-state index in [1.807, 2.05) is 20.8 Å². The van der Waals surface area contributed by atoms with Crippen LogP contribution in [0.2, 0.25) is 0 Å². The van der Waals surface area contributed by atoms with Crippen molar-refractivity contribution in [1.29, 1.82) is 0 Å². The summed E-state index contributed by atoms with van der Waals surface area (Å²) < 4.78 is 5.45. The molecule has 4 heteroatoms. The first-order valence-corrected chi connectivity index (χ1v) is 8.08. The Morgan fingerprint density at radius 1 is 1.40 bits per heavy atom. The molecule has 0 spiro atoms. The van der Waals surface area contributed by atoms with E-state index in [2.05, 4.69) is 35.0 Å². The predicted molar refractivity (Wildman–Crippen MR) is 84.2 cm³/mol. The fourth-order valence-corrected chi connectivity index (χ4v) is 3.12. The van der Waals surface area contributed by atoms with Crippen LogP contribution >= 0.6 is 15.9 Å². The molecule has 1 aromatic carbocycles. The van der Waals surface area contributed by atoms with Crippen LogP contribution in [0.1, 0.15) is 43.0 Å². The highest BCUT2D eigenvalue weighted by molar-refractivity contribution is 9.08.